The van der Waals surface area contributed by atoms with Crippen LogP contribution in [0.3, 0.4) is 0 Å². The van der Waals surface area contributed by atoms with Gasteiger partial charge in [-0.25, -0.2) is 9.29 Å². The Morgan fingerprint density at radius 1 is 0.963 bits per heavy atom. The van der Waals surface area contributed by atoms with Crippen LogP contribution in [0.4, 0.5) is 10.1 Å². The maximum Gasteiger partial charge on any atom is 0.282 e. The van der Waals surface area contributed by atoms with Gasteiger partial charge in [0.15, 0.2) is 0 Å². The lowest BCUT2D eigenvalue weighted by molar-refractivity contribution is -0.120. The van der Waals surface area contributed by atoms with Gasteiger partial charge in [0.1, 0.15) is 11.5 Å². The van der Waals surface area contributed by atoms with Gasteiger partial charge in [-0.1, -0.05) is 29.8 Å². The highest BCUT2D eigenvalue weighted by atomic mass is 35.5. The number of imide groups is 1. The predicted molar refractivity (Wildman–Crippen MR) is 103 cm³/mol. The molecule has 2 aromatic rings. The van der Waals surface area contributed by atoms with Gasteiger partial charge in [0, 0.05) is 18.1 Å². The topological polar surface area (TPSA) is 40.6 Å². The van der Waals surface area contributed by atoms with Crippen LogP contribution >= 0.6 is 11.6 Å². The van der Waals surface area contributed by atoms with Gasteiger partial charge in [-0.15, -0.1) is 0 Å². The molecule has 2 aliphatic heterocycles. The van der Waals surface area contributed by atoms with Crippen LogP contribution in [0, 0.1) is 12.7 Å². The van der Waals surface area contributed by atoms with E-state index in [-0.39, 0.29) is 11.7 Å². The van der Waals surface area contributed by atoms with E-state index in [4.69, 9.17) is 11.6 Å². The standard InChI is InChI=1S/C21H18ClFN2O2/c1-13-4-7-15(22)12-17(13)25-20(26)18(14-5-8-16(23)9-6-14)19(21(25)27)24-10-2-3-11-24/h4-9,12H,2-3,10-11H2,1H3. The lowest BCUT2D eigenvalue weighted by Gasteiger charge is -2.21. The zero-order valence-electron chi connectivity index (χ0n) is 14.8. The molecule has 6 heteroatoms. The summed E-state index contributed by atoms with van der Waals surface area (Å²) in [7, 11) is 0. The molecule has 27 heavy (non-hydrogen) atoms. The lowest BCUT2D eigenvalue weighted by atomic mass is 10.0. The van der Waals surface area contributed by atoms with Crippen LogP contribution in [0.5, 0.6) is 0 Å². The Balaban J connectivity index is 1.86. The van der Waals surface area contributed by atoms with Crippen LogP contribution in [-0.2, 0) is 9.59 Å². The summed E-state index contributed by atoms with van der Waals surface area (Å²) < 4.78 is 13.4. The molecule has 4 nitrogen and oxygen atoms in total. The normalized spacial score (nSPS) is 17.4. The zero-order chi connectivity index (χ0) is 19.1. The first-order valence-corrected chi connectivity index (χ1v) is 9.25. The summed E-state index contributed by atoms with van der Waals surface area (Å²) >= 11 is 6.11. The molecule has 0 atom stereocenters. The molecule has 0 bridgehead atoms. The van der Waals surface area contributed by atoms with E-state index in [1.165, 1.54) is 17.0 Å². The quantitative estimate of drug-likeness (QED) is 0.746. The minimum Gasteiger partial charge on any atom is -0.366 e. The third kappa shape index (κ3) is 3.02. The maximum atomic E-state index is 13.4. The molecular weight excluding hydrogens is 367 g/mol. The Labute approximate surface area is 161 Å². The molecule has 1 fully saturated rings. The van der Waals surface area contributed by atoms with E-state index in [1.807, 2.05) is 11.8 Å². The Morgan fingerprint density at radius 3 is 2.30 bits per heavy atom. The molecule has 2 heterocycles. The van der Waals surface area contributed by atoms with Gasteiger partial charge in [-0.3, -0.25) is 9.59 Å². The van der Waals surface area contributed by atoms with Crippen LogP contribution in [-0.4, -0.2) is 29.8 Å². The van der Waals surface area contributed by atoms with E-state index in [0.717, 1.165) is 31.5 Å². The third-order valence-electron chi connectivity index (χ3n) is 5.03. The second-order valence-corrected chi connectivity index (χ2v) is 7.24. The Kier molecular flexibility index (Phi) is 4.48. The van der Waals surface area contributed by atoms with E-state index in [0.29, 0.717) is 27.5 Å². The van der Waals surface area contributed by atoms with Gasteiger partial charge >= 0.3 is 0 Å². The van der Waals surface area contributed by atoms with Crippen LogP contribution in [0.2, 0.25) is 5.02 Å². The fraction of sp³-hybridized carbons (Fsp3) is 0.238. The van der Waals surface area contributed by atoms with Gasteiger partial charge in [0.25, 0.3) is 11.8 Å². The van der Waals surface area contributed by atoms with Crippen molar-refractivity contribution in [3.05, 3.63) is 70.1 Å². The minimum absolute atomic E-state index is 0.321. The molecule has 2 aromatic carbocycles. The molecule has 0 N–H and O–H groups in total. The van der Waals surface area contributed by atoms with E-state index < -0.39 is 5.91 Å². The van der Waals surface area contributed by atoms with E-state index in [1.54, 1.807) is 30.3 Å². The fourth-order valence-electron chi connectivity index (χ4n) is 3.67. The smallest absolute Gasteiger partial charge is 0.282 e. The Bertz CT molecular complexity index is 963. The molecule has 4 rings (SSSR count). The fourth-order valence-corrected chi connectivity index (χ4v) is 3.84. The Hall–Kier alpha value is -2.66. The summed E-state index contributed by atoms with van der Waals surface area (Å²) in [5.41, 5.74) is 2.51. The third-order valence-corrected chi connectivity index (χ3v) is 5.26. The number of rotatable bonds is 3. The highest BCUT2D eigenvalue weighted by molar-refractivity contribution is 6.45. The monoisotopic (exact) mass is 384 g/mol. The number of carbonyl (C=O) groups is 2. The molecule has 0 unspecified atom stereocenters. The summed E-state index contributed by atoms with van der Waals surface area (Å²) in [5, 5.41) is 0.453. The molecule has 0 aliphatic carbocycles. The second kappa shape index (κ2) is 6.82. The lowest BCUT2D eigenvalue weighted by Crippen LogP contribution is -2.35. The Morgan fingerprint density at radius 2 is 1.63 bits per heavy atom. The first kappa shape index (κ1) is 17.7. The van der Waals surface area contributed by atoms with E-state index in [2.05, 4.69) is 0 Å². The number of anilines is 1. The summed E-state index contributed by atoms with van der Waals surface area (Å²) in [4.78, 5) is 29.8. The number of benzene rings is 2. The van der Waals surface area contributed by atoms with Crippen molar-refractivity contribution >= 4 is 34.7 Å². The number of nitrogens with zero attached hydrogens (tertiary/aromatic N) is 2. The van der Waals surface area contributed by atoms with Gasteiger partial charge in [0.2, 0.25) is 0 Å². The highest BCUT2D eigenvalue weighted by Crippen LogP contribution is 2.37. The molecule has 0 radical (unpaired) electrons. The van der Waals surface area contributed by atoms with Gasteiger partial charge in [0.05, 0.1) is 11.3 Å². The summed E-state index contributed by atoms with van der Waals surface area (Å²) in [6, 6.07) is 10.8. The van der Waals surface area contributed by atoms with Crippen LogP contribution in [0.1, 0.15) is 24.0 Å². The SMILES string of the molecule is Cc1ccc(Cl)cc1N1C(=O)C(c2ccc(F)cc2)=C(N2CCCC2)C1=O. The highest BCUT2D eigenvalue weighted by Gasteiger charge is 2.43. The van der Waals surface area contributed by atoms with E-state index in [9.17, 15) is 14.0 Å². The molecule has 0 spiro atoms. The number of hydrogen-bond acceptors (Lipinski definition) is 3. The number of amides is 2. The number of hydrogen-bond donors (Lipinski definition) is 0. The van der Waals surface area contributed by atoms with Crippen molar-refractivity contribution in [3.63, 3.8) is 0 Å². The number of aryl methyl sites for hydroxylation is 1. The van der Waals surface area contributed by atoms with Crippen molar-refractivity contribution in [2.75, 3.05) is 18.0 Å². The zero-order valence-corrected chi connectivity index (χ0v) is 15.6. The van der Waals surface area contributed by atoms with Crippen molar-refractivity contribution < 1.29 is 14.0 Å². The first-order chi connectivity index (χ1) is 13.0. The van der Waals surface area contributed by atoms with E-state index >= 15 is 0 Å². The van der Waals surface area contributed by atoms with Gasteiger partial charge in [-0.05, 0) is 55.2 Å². The van der Waals surface area contributed by atoms with Crippen LogP contribution in [0.15, 0.2) is 48.2 Å². The number of halogens is 2. The minimum atomic E-state index is -0.404. The first-order valence-electron chi connectivity index (χ1n) is 8.87. The van der Waals surface area contributed by atoms with Crippen molar-refractivity contribution in [2.45, 2.75) is 19.8 Å². The molecule has 0 saturated carbocycles. The van der Waals surface area contributed by atoms with Gasteiger partial charge < -0.3 is 4.90 Å². The molecular formula is C21H18ClFN2O2. The summed E-state index contributed by atoms with van der Waals surface area (Å²) in [6.45, 7) is 3.28. The average Bonchev–Trinajstić information content (AvgIpc) is 3.25. The van der Waals surface area contributed by atoms with Crippen LogP contribution < -0.4 is 4.90 Å². The van der Waals surface area contributed by atoms with Crippen molar-refractivity contribution in [2.24, 2.45) is 0 Å². The van der Waals surface area contributed by atoms with Gasteiger partial charge in [-0.2, -0.15) is 0 Å². The van der Waals surface area contributed by atoms with Crippen molar-refractivity contribution in [1.82, 2.24) is 4.90 Å². The largest absolute Gasteiger partial charge is 0.366 e. The number of likely N-dealkylation sites (tertiary alicyclic amines) is 1. The molecule has 1 saturated heterocycles. The van der Waals surface area contributed by atoms with Crippen molar-refractivity contribution in [3.8, 4) is 0 Å². The predicted octanol–water partition coefficient (Wildman–Crippen LogP) is 4.17. The van der Waals surface area contributed by atoms with Crippen molar-refractivity contribution in [1.29, 1.82) is 0 Å². The molecule has 138 valence electrons. The summed E-state index contributed by atoms with van der Waals surface area (Å²) in [6.07, 6.45) is 1.94. The molecule has 0 aromatic heterocycles. The average molecular weight is 385 g/mol. The second-order valence-electron chi connectivity index (χ2n) is 6.80. The van der Waals surface area contributed by atoms with Crippen LogP contribution in [0.25, 0.3) is 5.57 Å². The molecule has 2 aliphatic rings. The maximum absolute atomic E-state index is 13.4. The number of carbonyl (C=O) groups excluding carboxylic acids is 2. The summed E-state index contributed by atoms with van der Waals surface area (Å²) in [5.74, 6) is -1.15. The molecule has 2 amide bonds.